The summed E-state index contributed by atoms with van der Waals surface area (Å²) in [6, 6.07) is 14.3. The maximum Gasteiger partial charge on any atom is 0.160 e. The molecule has 3 rings (SSSR count). The van der Waals surface area contributed by atoms with Gasteiger partial charge in [-0.2, -0.15) is 0 Å². The van der Waals surface area contributed by atoms with Crippen molar-refractivity contribution in [3.8, 4) is 5.82 Å². The Morgan fingerprint density at radius 2 is 1.90 bits per heavy atom. The molecule has 0 bridgehead atoms. The Morgan fingerprint density at radius 3 is 2.55 bits per heavy atom. The van der Waals surface area contributed by atoms with Crippen molar-refractivity contribution in [2.75, 3.05) is 0 Å². The molecule has 0 saturated heterocycles. The number of benzene rings is 1. The first kappa shape index (κ1) is 12.9. The van der Waals surface area contributed by atoms with Crippen molar-refractivity contribution < 1.29 is 0 Å². The van der Waals surface area contributed by atoms with Crippen LogP contribution in [0, 0.1) is 0 Å². The van der Waals surface area contributed by atoms with E-state index < -0.39 is 0 Å². The van der Waals surface area contributed by atoms with E-state index in [1.807, 2.05) is 29.0 Å². The normalized spacial score (nSPS) is 12.2. The monoisotopic (exact) mass is 282 g/mol. The van der Waals surface area contributed by atoms with Gasteiger partial charge in [0, 0.05) is 17.6 Å². The molecule has 4 nitrogen and oxygen atoms in total. The average molecular weight is 282 g/mol. The highest BCUT2D eigenvalue weighted by Crippen LogP contribution is 2.33. The summed E-state index contributed by atoms with van der Waals surface area (Å²) in [6.45, 7) is 2.17. The zero-order valence-corrected chi connectivity index (χ0v) is 11.9. The summed E-state index contributed by atoms with van der Waals surface area (Å²) < 4.78 is 1.84. The summed E-state index contributed by atoms with van der Waals surface area (Å²) in [5.41, 5.74) is 1.29. The molecule has 20 heavy (non-hydrogen) atoms. The summed E-state index contributed by atoms with van der Waals surface area (Å²) in [5, 5.41) is 9.76. The van der Waals surface area contributed by atoms with Crippen LogP contribution in [0.15, 0.2) is 66.2 Å². The first-order valence-corrected chi connectivity index (χ1v) is 7.24. The molecule has 0 fully saturated rings. The molecule has 1 atom stereocenters. The first-order chi connectivity index (χ1) is 9.83. The average Bonchev–Trinajstić information content (AvgIpc) is 3.03. The first-order valence-electron chi connectivity index (χ1n) is 6.36. The van der Waals surface area contributed by atoms with Crippen LogP contribution in [0.2, 0.25) is 0 Å². The van der Waals surface area contributed by atoms with E-state index in [1.54, 1.807) is 24.3 Å². The Morgan fingerprint density at radius 1 is 1.05 bits per heavy atom. The molecule has 5 heteroatoms. The van der Waals surface area contributed by atoms with Crippen molar-refractivity contribution >= 4 is 11.8 Å². The van der Waals surface area contributed by atoms with Crippen LogP contribution in [-0.4, -0.2) is 19.7 Å². The lowest BCUT2D eigenvalue weighted by Gasteiger charge is -2.10. The van der Waals surface area contributed by atoms with Crippen LogP contribution < -0.4 is 0 Å². The molecule has 0 aliphatic rings. The van der Waals surface area contributed by atoms with Crippen LogP contribution in [0.1, 0.15) is 17.7 Å². The zero-order chi connectivity index (χ0) is 13.8. The summed E-state index contributed by atoms with van der Waals surface area (Å²) in [5.74, 6) is 0.777. The van der Waals surface area contributed by atoms with Crippen LogP contribution in [0.3, 0.4) is 0 Å². The van der Waals surface area contributed by atoms with Gasteiger partial charge in [-0.3, -0.25) is 4.57 Å². The number of thioether (sulfide) groups is 1. The molecule has 3 aromatic rings. The quantitative estimate of drug-likeness (QED) is 0.687. The van der Waals surface area contributed by atoms with Gasteiger partial charge in [0.2, 0.25) is 0 Å². The predicted octanol–water partition coefficient (Wildman–Crippen LogP) is 3.52. The second-order valence-electron chi connectivity index (χ2n) is 4.37. The van der Waals surface area contributed by atoms with Gasteiger partial charge in [-0.1, -0.05) is 42.1 Å². The predicted molar refractivity (Wildman–Crippen MR) is 79.9 cm³/mol. The maximum atomic E-state index is 4.26. The molecule has 0 N–H and O–H groups in total. The van der Waals surface area contributed by atoms with E-state index >= 15 is 0 Å². The topological polar surface area (TPSA) is 43.6 Å². The van der Waals surface area contributed by atoms with Crippen LogP contribution in [0.4, 0.5) is 0 Å². The van der Waals surface area contributed by atoms with Crippen LogP contribution in [0.5, 0.6) is 0 Å². The van der Waals surface area contributed by atoms with E-state index in [0.717, 1.165) is 10.8 Å². The number of nitrogens with zero attached hydrogens (tertiary/aromatic N) is 4. The zero-order valence-electron chi connectivity index (χ0n) is 11.0. The van der Waals surface area contributed by atoms with Gasteiger partial charge in [-0.15, -0.1) is 10.2 Å². The fourth-order valence-corrected chi connectivity index (χ4v) is 2.77. The lowest BCUT2D eigenvalue weighted by molar-refractivity contribution is 0.858. The van der Waals surface area contributed by atoms with Gasteiger partial charge >= 0.3 is 0 Å². The van der Waals surface area contributed by atoms with Crippen molar-refractivity contribution in [1.29, 1.82) is 0 Å². The van der Waals surface area contributed by atoms with E-state index in [1.165, 1.54) is 5.56 Å². The third kappa shape index (κ3) is 2.88. The van der Waals surface area contributed by atoms with Crippen molar-refractivity contribution in [3.05, 3.63) is 66.7 Å². The molecular weight excluding hydrogens is 268 g/mol. The highest BCUT2D eigenvalue weighted by Gasteiger charge is 2.08. The van der Waals surface area contributed by atoms with E-state index in [4.69, 9.17) is 0 Å². The number of imidazole rings is 1. The highest BCUT2D eigenvalue weighted by molar-refractivity contribution is 7.99. The van der Waals surface area contributed by atoms with Crippen molar-refractivity contribution in [1.82, 2.24) is 19.7 Å². The Labute approximate surface area is 121 Å². The number of hydrogen-bond acceptors (Lipinski definition) is 4. The molecule has 0 spiro atoms. The molecule has 2 aromatic heterocycles. The third-order valence-electron chi connectivity index (χ3n) is 2.96. The number of rotatable bonds is 4. The largest absolute Gasteiger partial charge is 0.289 e. The van der Waals surface area contributed by atoms with Gasteiger partial charge in [0.1, 0.15) is 11.4 Å². The fraction of sp³-hybridized carbons (Fsp3) is 0.133. The Bertz CT molecular complexity index is 650. The van der Waals surface area contributed by atoms with E-state index in [0.29, 0.717) is 5.25 Å². The molecule has 0 aliphatic heterocycles. The molecule has 0 radical (unpaired) electrons. The minimum absolute atomic E-state index is 0.351. The van der Waals surface area contributed by atoms with Gasteiger partial charge in [0.05, 0.1) is 0 Å². The maximum absolute atomic E-state index is 4.26. The molecule has 100 valence electrons. The van der Waals surface area contributed by atoms with Gasteiger partial charge in [-0.25, -0.2) is 4.98 Å². The Hall–Kier alpha value is -2.14. The van der Waals surface area contributed by atoms with Crippen molar-refractivity contribution in [2.45, 2.75) is 17.2 Å². The molecule has 0 unspecified atom stereocenters. The van der Waals surface area contributed by atoms with Crippen LogP contribution >= 0.6 is 11.8 Å². The Balaban J connectivity index is 1.72. The second kappa shape index (κ2) is 5.88. The summed E-state index contributed by atoms with van der Waals surface area (Å²) in [4.78, 5) is 4.00. The second-order valence-corrected chi connectivity index (χ2v) is 5.73. The molecule has 0 aliphatic carbocycles. The van der Waals surface area contributed by atoms with Gasteiger partial charge in [0.25, 0.3) is 0 Å². The lowest BCUT2D eigenvalue weighted by Crippen LogP contribution is -1.97. The van der Waals surface area contributed by atoms with E-state index in [2.05, 4.69) is 46.4 Å². The van der Waals surface area contributed by atoms with Gasteiger partial charge in [-0.05, 0) is 24.6 Å². The minimum Gasteiger partial charge on any atom is -0.289 e. The molecule has 1 aromatic carbocycles. The fourth-order valence-electron chi connectivity index (χ4n) is 1.88. The van der Waals surface area contributed by atoms with E-state index in [9.17, 15) is 0 Å². The summed E-state index contributed by atoms with van der Waals surface area (Å²) in [7, 11) is 0. The minimum atomic E-state index is 0.351. The number of hydrogen-bond donors (Lipinski definition) is 0. The standard InChI is InChI=1S/C15H14N4S/c1-12(13-5-3-2-4-6-13)20-15-8-7-14(17-18-15)19-10-9-16-11-19/h2-12H,1H3/t12-/m0/s1. The summed E-state index contributed by atoms with van der Waals surface area (Å²) >= 11 is 1.70. The Kier molecular flexibility index (Phi) is 3.78. The molecule has 0 amide bonds. The van der Waals surface area contributed by atoms with Crippen LogP contribution in [-0.2, 0) is 0 Å². The lowest BCUT2D eigenvalue weighted by atomic mass is 10.2. The molecular formula is C15H14N4S. The molecule has 0 saturated carbocycles. The molecule has 2 heterocycles. The van der Waals surface area contributed by atoms with Crippen molar-refractivity contribution in [2.24, 2.45) is 0 Å². The number of aromatic nitrogens is 4. The third-order valence-corrected chi connectivity index (χ3v) is 4.05. The van der Waals surface area contributed by atoms with E-state index in [-0.39, 0.29) is 0 Å². The van der Waals surface area contributed by atoms with Gasteiger partial charge < -0.3 is 0 Å². The van der Waals surface area contributed by atoms with Crippen LogP contribution in [0.25, 0.3) is 5.82 Å². The van der Waals surface area contributed by atoms with Crippen molar-refractivity contribution in [3.63, 3.8) is 0 Å². The van der Waals surface area contributed by atoms with Gasteiger partial charge in [0.15, 0.2) is 5.82 Å². The highest BCUT2D eigenvalue weighted by atomic mass is 32.2. The summed E-state index contributed by atoms with van der Waals surface area (Å²) in [6.07, 6.45) is 5.29. The smallest absolute Gasteiger partial charge is 0.160 e. The SMILES string of the molecule is C[C@H](Sc1ccc(-n2ccnc2)nn1)c1ccccc1.